The Hall–Kier alpha value is -3.23. The highest BCUT2D eigenvalue weighted by atomic mass is 32.2. The normalized spacial score (nSPS) is 22.9. The van der Waals surface area contributed by atoms with Gasteiger partial charge in [-0.15, -0.1) is 0 Å². The first-order chi connectivity index (χ1) is 17.9. The van der Waals surface area contributed by atoms with Gasteiger partial charge in [0.15, 0.2) is 0 Å². The highest BCUT2D eigenvalue weighted by Gasteiger charge is 2.35. The van der Waals surface area contributed by atoms with Gasteiger partial charge in [0.1, 0.15) is 0 Å². The summed E-state index contributed by atoms with van der Waals surface area (Å²) in [5.74, 6) is -0.697. The second-order valence-electron chi connectivity index (χ2n) is 10.1. The van der Waals surface area contributed by atoms with E-state index in [4.69, 9.17) is 0 Å². The Morgan fingerprint density at radius 3 is 2.19 bits per heavy atom. The van der Waals surface area contributed by atoms with Crippen molar-refractivity contribution in [2.24, 2.45) is 5.92 Å². The molecule has 0 spiro atoms. The molecule has 1 heterocycles. The van der Waals surface area contributed by atoms with Crippen LogP contribution in [0.3, 0.4) is 0 Å². The smallest absolute Gasteiger partial charge is 0.251 e. The van der Waals surface area contributed by atoms with Crippen LogP contribution in [-0.2, 0) is 14.8 Å². The van der Waals surface area contributed by atoms with Gasteiger partial charge in [0.2, 0.25) is 15.9 Å². The molecule has 1 saturated heterocycles. The van der Waals surface area contributed by atoms with Crippen LogP contribution in [0.4, 0.5) is 0 Å². The second-order valence-corrected chi connectivity index (χ2v) is 12.0. The zero-order valence-electron chi connectivity index (χ0n) is 20.8. The van der Waals surface area contributed by atoms with E-state index < -0.39 is 15.9 Å². The van der Waals surface area contributed by atoms with Crippen molar-refractivity contribution in [1.29, 1.82) is 0 Å². The van der Waals surface area contributed by atoms with E-state index in [0.29, 0.717) is 24.9 Å². The summed E-state index contributed by atoms with van der Waals surface area (Å²) in [7, 11) is -3.71. The van der Waals surface area contributed by atoms with Crippen molar-refractivity contribution in [3.05, 3.63) is 78.4 Å². The molecule has 0 radical (unpaired) electrons. The van der Waals surface area contributed by atoms with E-state index in [1.165, 1.54) is 4.31 Å². The second kappa shape index (κ2) is 11.0. The third-order valence-corrected chi connectivity index (χ3v) is 9.42. The molecule has 8 heteroatoms. The first-order valence-electron chi connectivity index (χ1n) is 13.1. The molecule has 2 amide bonds. The van der Waals surface area contributed by atoms with Crippen LogP contribution in [-0.4, -0.2) is 49.7 Å². The van der Waals surface area contributed by atoms with E-state index in [9.17, 15) is 18.0 Å². The minimum Gasteiger partial charge on any atom is -0.351 e. The summed E-state index contributed by atoms with van der Waals surface area (Å²) in [5, 5.41) is 8.12. The maximum absolute atomic E-state index is 13.4. The lowest BCUT2D eigenvalue weighted by Crippen LogP contribution is -2.55. The lowest BCUT2D eigenvalue weighted by molar-refractivity contribution is -0.127. The Labute approximate surface area is 218 Å². The molecule has 1 saturated carbocycles. The molecule has 5 rings (SSSR count). The summed E-state index contributed by atoms with van der Waals surface area (Å²) in [6.07, 6.45) is 4.84. The molecule has 37 heavy (non-hydrogen) atoms. The van der Waals surface area contributed by atoms with Crippen molar-refractivity contribution in [3.8, 4) is 0 Å². The molecule has 2 aliphatic rings. The molecule has 194 valence electrons. The van der Waals surface area contributed by atoms with Crippen LogP contribution in [0.5, 0.6) is 0 Å². The molecule has 0 bridgehead atoms. The maximum Gasteiger partial charge on any atom is 0.251 e. The lowest BCUT2D eigenvalue weighted by Gasteiger charge is -2.36. The average Bonchev–Trinajstić information content (AvgIpc) is 2.94. The number of carbonyl (C=O) groups excluding carboxylic acids is 2. The highest BCUT2D eigenvalue weighted by molar-refractivity contribution is 7.89. The van der Waals surface area contributed by atoms with Crippen molar-refractivity contribution in [3.63, 3.8) is 0 Å². The molecule has 1 aliphatic heterocycles. The topological polar surface area (TPSA) is 95.6 Å². The van der Waals surface area contributed by atoms with Gasteiger partial charge in [0, 0.05) is 30.7 Å². The molecular weight excluding hydrogens is 486 g/mol. The summed E-state index contributed by atoms with van der Waals surface area (Å²) >= 11 is 0. The number of benzene rings is 3. The largest absolute Gasteiger partial charge is 0.351 e. The predicted molar refractivity (Wildman–Crippen MR) is 144 cm³/mol. The molecule has 1 unspecified atom stereocenters. The van der Waals surface area contributed by atoms with Crippen molar-refractivity contribution in [2.45, 2.75) is 55.5 Å². The van der Waals surface area contributed by atoms with E-state index in [2.05, 4.69) is 10.6 Å². The van der Waals surface area contributed by atoms with E-state index >= 15 is 0 Å². The SMILES string of the molecule is O=C(N[C@@H]1CCCC[C@H]1NC(=O)C1CCCN(S(=O)(=O)c2ccc3ccccc3c2)C1)c1ccccc1. The molecule has 0 aromatic heterocycles. The number of nitrogens with one attached hydrogen (secondary N) is 2. The number of piperidine rings is 1. The Bertz CT molecular complexity index is 1380. The van der Waals surface area contributed by atoms with Gasteiger partial charge in [-0.1, -0.05) is 61.4 Å². The predicted octanol–water partition coefficient (Wildman–Crippen LogP) is 4.10. The zero-order valence-corrected chi connectivity index (χ0v) is 21.6. The molecule has 7 nitrogen and oxygen atoms in total. The van der Waals surface area contributed by atoms with Crippen LogP contribution in [0.25, 0.3) is 10.8 Å². The van der Waals surface area contributed by atoms with Gasteiger partial charge in [-0.25, -0.2) is 8.42 Å². The third kappa shape index (κ3) is 5.70. The highest BCUT2D eigenvalue weighted by Crippen LogP contribution is 2.27. The van der Waals surface area contributed by atoms with Crippen LogP contribution >= 0.6 is 0 Å². The minimum atomic E-state index is -3.71. The van der Waals surface area contributed by atoms with E-state index in [1.807, 2.05) is 48.5 Å². The van der Waals surface area contributed by atoms with Gasteiger partial charge in [0.25, 0.3) is 5.91 Å². The zero-order chi connectivity index (χ0) is 25.8. The third-order valence-electron chi connectivity index (χ3n) is 7.56. The quantitative estimate of drug-likeness (QED) is 0.513. The molecule has 1 aliphatic carbocycles. The fraction of sp³-hybridized carbons (Fsp3) is 0.379. The standard InChI is InChI=1S/C29H33N3O4S/c33-28(22-10-2-1-3-11-22)30-26-14-6-7-15-27(26)31-29(34)24-13-8-18-32(20-24)37(35,36)25-17-16-21-9-4-5-12-23(21)19-25/h1-5,9-12,16-17,19,24,26-27H,6-8,13-15,18,20H2,(H,30,33)(H,31,34)/t24?,26-,27-/m1/s1. The monoisotopic (exact) mass is 519 g/mol. The van der Waals surface area contributed by atoms with Gasteiger partial charge in [-0.05, 0) is 60.7 Å². The van der Waals surface area contributed by atoms with Gasteiger partial charge in [-0.2, -0.15) is 4.31 Å². The van der Waals surface area contributed by atoms with Crippen LogP contribution in [0.1, 0.15) is 48.9 Å². The summed E-state index contributed by atoms with van der Waals surface area (Å²) in [6, 6.07) is 21.6. The van der Waals surface area contributed by atoms with Crippen LogP contribution in [0.15, 0.2) is 77.7 Å². The Morgan fingerprint density at radius 1 is 0.757 bits per heavy atom. The van der Waals surface area contributed by atoms with Crippen molar-refractivity contribution in [2.75, 3.05) is 13.1 Å². The first kappa shape index (κ1) is 25.4. The summed E-state index contributed by atoms with van der Waals surface area (Å²) in [5.41, 5.74) is 0.597. The van der Waals surface area contributed by atoms with E-state index in [1.54, 1.807) is 24.3 Å². The van der Waals surface area contributed by atoms with E-state index in [0.717, 1.165) is 36.5 Å². The number of carbonyl (C=O) groups is 2. The van der Waals surface area contributed by atoms with Crippen molar-refractivity contribution in [1.82, 2.24) is 14.9 Å². The number of sulfonamides is 1. The van der Waals surface area contributed by atoms with Crippen molar-refractivity contribution < 1.29 is 18.0 Å². The molecule has 2 N–H and O–H groups in total. The first-order valence-corrected chi connectivity index (χ1v) is 14.5. The molecular formula is C29H33N3O4S. The molecule has 2 fully saturated rings. The summed E-state index contributed by atoms with van der Waals surface area (Å²) in [4.78, 5) is 26.3. The minimum absolute atomic E-state index is 0.135. The van der Waals surface area contributed by atoms with E-state index in [-0.39, 0.29) is 35.3 Å². The number of nitrogens with zero attached hydrogens (tertiary/aromatic N) is 1. The number of rotatable bonds is 6. The van der Waals surface area contributed by atoms with Gasteiger partial charge >= 0.3 is 0 Å². The van der Waals surface area contributed by atoms with Crippen LogP contribution in [0.2, 0.25) is 0 Å². The fourth-order valence-corrected chi connectivity index (χ4v) is 7.03. The molecule has 3 aromatic carbocycles. The number of amides is 2. The summed E-state index contributed by atoms with van der Waals surface area (Å²) < 4.78 is 28.3. The van der Waals surface area contributed by atoms with Crippen molar-refractivity contribution >= 4 is 32.6 Å². The molecule has 3 aromatic rings. The van der Waals surface area contributed by atoms with Gasteiger partial charge in [0.05, 0.1) is 10.8 Å². The average molecular weight is 520 g/mol. The number of hydrogen-bond acceptors (Lipinski definition) is 4. The summed E-state index contributed by atoms with van der Waals surface area (Å²) in [6.45, 7) is 0.562. The number of hydrogen-bond donors (Lipinski definition) is 2. The lowest BCUT2D eigenvalue weighted by atomic mass is 9.89. The van der Waals surface area contributed by atoms with Gasteiger partial charge < -0.3 is 10.6 Å². The fourth-order valence-electron chi connectivity index (χ4n) is 5.47. The Morgan fingerprint density at radius 2 is 1.43 bits per heavy atom. The van der Waals surface area contributed by atoms with Gasteiger partial charge in [-0.3, -0.25) is 9.59 Å². The number of fused-ring (bicyclic) bond motifs is 1. The maximum atomic E-state index is 13.4. The van der Waals surface area contributed by atoms with Crippen LogP contribution < -0.4 is 10.6 Å². The molecule has 3 atom stereocenters. The Kier molecular flexibility index (Phi) is 7.58. The Balaban J connectivity index is 1.25. The van der Waals surface area contributed by atoms with Crippen LogP contribution in [0, 0.1) is 5.92 Å².